The average Bonchev–Trinajstić information content (AvgIpc) is 2.99. The number of nitrogens with zero attached hydrogens (tertiary/aromatic N) is 2. The second kappa shape index (κ2) is 9.44. The van der Waals surface area contributed by atoms with Gasteiger partial charge < -0.3 is 14.5 Å². The van der Waals surface area contributed by atoms with Gasteiger partial charge in [-0.2, -0.15) is 0 Å². The summed E-state index contributed by atoms with van der Waals surface area (Å²) in [5, 5.41) is 0. The molecule has 1 unspecified atom stereocenters. The number of carbonyl (C=O) groups excluding carboxylic acids is 2. The van der Waals surface area contributed by atoms with Crippen molar-refractivity contribution >= 4 is 11.8 Å². The smallest absolute Gasteiger partial charge is 0.227 e. The van der Waals surface area contributed by atoms with Crippen LogP contribution in [0, 0.1) is 5.92 Å². The van der Waals surface area contributed by atoms with Crippen LogP contribution in [0.3, 0.4) is 0 Å². The highest BCUT2D eigenvalue weighted by atomic mass is 16.5. The molecule has 1 saturated heterocycles. The molecule has 1 aromatic carbocycles. The molecule has 0 aromatic heterocycles. The van der Waals surface area contributed by atoms with Gasteiger partial charge in [-0.25, -0.2) is 0 Å². The van der Waals surface area contributed by atoms with Crippen LogP contribution in [0.25, 0.3) is 0 Å². The van der Waals surface area contributed by atoms with E-state index >= 15 is 0 Å². The molecule has 0 aliphatic carbocycles. The molecule has 5 nitrogen and oxygen atoms in total. The van der Waals surface area contributed by atoms with E-state index in [0.717, 1.165) is 43.7 Å². The number of ether oxygens (including phenoxy) is 1. The molecule has 1 atom stereocenters. The zero-order chi connectivity index (χ0) is 18.2. The highest BCUT2D eigenvalue weighted by Crippen LogP contribution is 2.23. The summed E-state index contributed by atoms with van der Waals surface area (Å²) in [6.45, 7) is 6.87. The van der Waals surface area contributed by atoms with Crippen molar-refractivity contribution in [2.24, 2.45) is 5.92 Å². The van der Waals surface area contributed by atoms with Crippen LogP contribution < -0.4 is 4.74 Å². The average molecular weight is 346 g/mol. The van der Waals surface area contributed by atoms with E-state index in [1.807, 2.05) is 29.2 Å². The van der Waals surface area contributed by atoms with Gasteiger partial charge >= 0.3 is 0 Å². The van der Waals surface area contributed by atoms with Gasteiger partial charge in [0.1, 0.15) is 5.75 Å². The molecule has 0 bridgehead atoms. The Hall–Kier alpha value is -2.04. The molecule has 1 heterocycles. The Morgan fingerprint density at radius 3 is 2.52 bits per heavy atom. The Kier molecular flexibility index (Phi) is 7.29. The summed E-state index contributed by atoms with van der Waals surface area (Å²) >= 11 is 0. The Balaban J connectivity index is 1.96. The minimum atomic E-state index is -0.200. The molecular weight excluding hydrogens is 316 g/mol. The first kappa shape index (κ1) is 19.3. The van der Waals surface area contributed by atoms with Crippen LogP contribution in [0.4, 0.5) is 0 Å². The lowest BCUT2D eigenvalue weighted by Crippen LogP contribution is -2.38. The number of methoxy groups -OCH3 is 1. The fraction of sp³-hybridized carbons (Fsp3) is 0.600. The lowest BCUT2D eigenvalue weighted by atomic mass is 10.1. The van der Waals surface area contributed by atoms with Crippen LogP contribution in [0.15, 0.2) is 24.3 Å². The van der Waals surface area contributed by atoms with Crippen molar-refractivity contribution in [3.05, 3.63) is 29.8 Å². The number of carbonyl (C=O) groups is 2. The van der Waals surface area contributed by atoms with E-state index in [1.165, 1.54) is 0 Å². The van der Waals surface area contributed by atoms with Crippen molar-refractivity contribution in [2.75, 3.05) is 26.7 Å². The summed E-state index contributed by atoms with van der Waals surface area (Å²) in [5.74, 6) is 0.812. The number of unbranched alkanes of at least 4 members (excludes halogenated alkanes) is 1. The van der Waals surface area contributed by atoms with Crippen LogP contribution in [-0.2, 0) is 16.1 Å². The Labute approximate surface area is 150 Å². The molecule has 138 valence electrons. The standard InChI is InChI=1S/C20H30N2O3/c1-4-6-12-21(11-5-2)20(24)17-13-19(23)22(15-17)14-16-7-9-18(25-3)10-8-16/h7-10,17H,4-6,11-15H2,1-3H3. The number of benzene rings is 1. The van der Waals surface area contributed by atoms with Crippen molar-refractivity contribution < 1.29 is 14.3 Å². The normalized spacial score (nSPS) is 17.0. The van der Waals surface area contributed by atoms with Gasteiger partial charge in [0.2, 0.25) is 11.8 Å². The third-order valence-corrected chi connectivity index (χ3v) is 4.68. The second-order valence-corrected chi connectivity index (χ2v) is 6.70. The molecule has 25 heavy (non-hydrogen) atoms. The van der Waals surface area contributed by atoms with Gasteiger partial charge in [0.05, 0.1) is 13.0 Å². The van der Waals surface area contributed by atoms with Gasteiger partial charge in [-0.3, -0.25) is 9.59 Å². The molecule has 5 heteroatoms. The van der Waals surface area contributed by atoms with Crippen molar-refractivity contribution in [3.8, 4) is 5.75 Å². The van der Waals surface area contributed by atoms with Gasteiger partial charge in [0.15, 0.2) is 0 Å². The number of hydrogen-bond acceptors (Lipinski definition) is 3. The molecule has 1 fully saturated rings. The number of amides is 2. The zero-order valence-electron chi connectivity index (χ0n) is 15.7. The number of hydrogen-bond donors (Lipinski definition) is 0. The molecule has 2 amide bonds. The van der Waals surface area contributed by atoms with E-state index in [9.17, 15) is 9.59 Å². The molecule has 0 spiro atoms. The van der Waals surface area contributed by atoms with E-state index in [1.54, 1.807) is 12.0 Å². The minimum Gasteiger partial charge on any atom is -0.497 e. The van der Waals surface area contributed by atoms with E-state index in [-0.39, 0.29) is 17.7 Å². The third-order valence-electron chi connectivity index (χ3n) is 4.68. The lowest BCUT2D eigenvalue weighted by Gasteiger charge is -2.25. The predicted molar refractivity (Wildman–Crippen MR) is 98.3 cm³/mol. The topological polar surface area (TPSA) is 49.9 Å². The Morgan fingerprint density at radius 2 is 1.92 bits per heavy atom. The van der Waals surface area contributed by atoms with Gasteiger partial charge in [-0.15, -0.1) is 0 Å². The highest BCUT2D eigenvalue weighted by molar-refractivity contribution is 5.89. The van der Waals surface area contributed by atoms with Crippen molar-refractivity contribution in [1.29, 1.82) is 0 Å². The van der Waals surface area contributed by atoms with E-state index in [0.29, 0.717) is 19.5 Å². The van der Waals surface area contributed by atoms with Gasteiger partial charge in [-0.05, 0) is 30.5 Å². The van der Waals surface area contributed by atoms with Crippen LogP contribution in [-0.4, -0.2) is 48.4 Å². The van der Waals surface area contributed by atoms with Crippen LogP contribution in [0.1, 0.15) is 45.1 Å². The lowest BCUT2D eigenvalue weighted by molar-refractivity contribution is -0.136. The predicted octanol–water partition coefficient (Wildman–Crippen LogP) is 3.08. The molecule has 1 aliphatic heterocycles. The van der Waals surface area contributed by atoms with Crippen LogP contribution in [0.5, 0.6) is 5.75 Å². The maximum atomic E-state index is 12.8. The van der Waals surface area contributed by atoms with E-state index in [4.69, 9.17) is 4.74 Å². The molecule has 1 aliphatic rings. The van der Waals surface area contributed by atoms with Crippen molar-refractivity contribution in [3.63, 3.8) is 0 Å². The third kappa shape index (κ3) is 5.21. The highest BCUT2D eigenvalue weighted by Gasteiger charge is 2.36. The van der Waals surface area contributed by atoms with Gasteiger partial charge in [-0.1, -0.05) is 32.4 Å². The van der Waals surface area contributed by atoms with Crippen molar-refractivity contribution in [2.45, 2.75) is 46.1 Å². The van der Waals surface area contributed by atoms with E-state index < -0.39 is 0 Å². The van der Waals surface area contributed by atoms with Crippen LogP contribution in [0.2, 0.25) is 0 Å². The summed E-state index contributed by atoms with van der Waals surface area (Å²) in [6, 6.07) is 7.72. The second-order valence-electron chi connectivity index (χ2n) is 6.70. The van der Waals surface area contributed by atoms with Gasteiger partial charge in [0, 0.05) is 32.6 Å². The maximum absolute atomic E-state index is 12.8. The Morgan fingerprint density at radius 1 is 1.20 bits per heavy atom. The summed E-state index contributed by atoms with van der Waals surface area (Å²) in [7, 11) is 1.63. The SMILES string of the molecule is CCCCN(CCC)C(=O)C1CC(=O)N(Cc2ccc(OC)cc2)C1. The quantitative estimate of drug-likeness (QED) is 0.690. The summed E-state index contributed by atoms with van der Waals surface area (Å²) in [6.07, 6.45) is 3.37. The number of likely N-dealkylation sites (tertiary alicyclic amines) is 1. The first-order chi connectivity index (χ1) is 12.1. The van der Waals surface area contributed by atoms with Crippen molar-refractivity contribution in [1.82, 2.24) is 9.80 Å². The number of rotatable bonds is 9. The molecule has 0 radical (unpaired) electrons. The molecular formula is C20H30N2O3. The fourth-order valence-corrected chi connectivity index (χ4v) is 3.25. The largest absolute Gasteiger partial charge is 0.497 e. The summed E-state index contributed by atoms with van der Waals surface area (Å²) in [4.78, 5) is 28.9. The fourth-order valence-electron chi connectivity index (χ4n) is 3.25. The molecule has 0 N–H and O–H groups in total. The van der Waals surface area contributed by atoms with E-state index in [2.05, 4.69) is 13.8 Å². The Bertz CT molecular complexity index is 571. The summed E-state index contributed by atoms with van der Waals surface area (Å²) < 4.78 is 5.16. The minimum absolute atomic E-state index is 0.0705. The zero-order valence-corrected chi connectivity index (χ0v) is 15.7. The van der Waals surface area contributed by atoms with Gasteiger partial charge in [0.25, 0.3) is 0 Å². The first-order valence-corrected chi connectivity index (χ1v) is 9.28. The molecule has 0 saturated carbocycles. The maximum Gasteiger partial charge on any atom is 0.227 e. The first-order valence-electron chi connectivity index (χ1n) is 9.28. The van der Waals surface area contributed by atoms with Crippen LogP contribution >= 0.6 is 0 Å². The summed E-state index contributed by atoms with van der Waals surface area (Å²) in [5.41, 5.74) is 1.05. The monoisotopic (exact) mass is 346 g/mol. The molecule has 2 rings (SSSR count). The molecule has 1 aromatic rings.